The third-order valence-electron chi connectivity index (χ3n) is 3.58. The van der Waals surface area contributed by atoms with Crippen molar-refractivity contribution in [1.29, 1.82) is 0 Å². The van der Waals surface area contributed by atoms with Crippen LogP contribution in [0.25, 0.3) is 0 Å². The van der Waals surface area contributed by atoms with Gasteiger partial charge in [0.25, 0.3) is 0 Å². The molecule has 1 aromatic heterocycles. The van der Waals surface area contributed by atoms with Gasteiger partial charge in [-0.05, 0) is 0 Å². The molecule has 29 heavy (non-hydrogen) atoms. The molecule has 14 heteroatoms. The third-order valence-corrected chi connectivity index (χ3v) is 3.58. The van der Waals surface area contributed by atoms with E-state index in [4.69, 9.17) is 10.8 Å². The van der Waals surface area contributed by atoms with Gasteiger partial charge in [0.15, 0.2) is 0 Å². The number of aromatic amines is 1. The highest BCUT2D eigenvalue weighted by atomic mass is 16.4. The van der Waals surface area contributed by atoms with E-state index in [1.54, 1.807) is 0 Å². The van der Waals surface area contributed by atoms with Gasteiger partial charge in [-0.3, -0.25) is 19.2 Å². The summed E-state index contributed by atoms with van der Waals surface area (Å²) in [4.78, 5) is 63.8. The Morgan fingerprint density at radius 2 is 1.79 bits per heavy atom. The van der Waals surface area contributed by atoms with Crippen LogP contribution in [0.3, 0.4) is 0 Å². The zero-order chi connectivity index (χ0) is 22.0. The van der Waals surface area contributed by atoms with Gasteiger partial charge in [0.1, 0.15) is 12.1 Å². The second-order valence-corrected chi connectivity index (χ2v) is 5.91. The van der Waals surface area contributed by atoms with Crippen molar-refractivity contribution in [2.75, 3.05) is 13.2 Å². The number of carboxylic acid groups (broad SMARTS) is 2. The summed E-state index contributed by atoms with van der Waals surface area (Å²) < 4.78 is 0. The van der Waals surface area contributed by atoms with E-state index in [2.05, 4.69) is 25.9 Å². The number of aliphatic carboxylic acids is 2. The van der Waals surface area contributed by atoms with Crippen molar-refractivity contribution in [1.82, 2.24) is 25.9 Å². The highest BCUT2D eigenvalue weighted by Gasteiger charge is 2.27. The molecule has 3 unspecified atom stereocenters. The first-order valence-corrected chi connectivity index (χ1v) is 8.29. The van der Waals surface area contributed by atoms with Crippen molar-refractivity contribution < 1.29 is 39.3 Å². The number of carbonyl (C=O) groups excluding carboxylic acids is 3. The lowest BCUT2D eigenvalue weighted by Gasteiger charge is -2.20. The minimum Gasteiger partial charge on any atom is -0.481 e. The maximum atomic E-state index is 12.2. The van der Waals surface area contributed by atoms with Crippen LogP contribution in [0, 0.1) is 0 Å². The molecule has 1 aromatic rings. The van der Waals surface area contributed by atoms with Crippen LogP contribution in [0.1, 0.15) is 12.1 Å². The maximum absolute atomic E-state index is 12.2. The van der Waals surface area contributed by atoms with E-state index in [-0.39, 0.29) is 6.42 Å². The van der Waals surface area contributed by atoms with Gasteiger partial charge in [0.2, 0.25) is 17.7 Å². The summed E-state index contributed by atoms with van der Waals surface area (Å²) in [5.41, 5.74) is 5.77. The molecule has 0 aromatic carbocycles. The molecule has 0 bridgehead atoms. The van der Waals surface area contributed by atoms with Crippen molar-refractivity contribution in [3.05, 3.63) is 18.2 Å². The van der Waals surface area contributed by atoms with Gasteiger partial charge in [-0.25, -0.2) is 9.78 Å². The number of H-pyrrole nitrogens is 1. The SMILES string of the molecule is NC(CC(=O)O)C(=O)NCC(=O)NC(CO)C(=O)NC(Cc1cnc[nH]1)C(=O)O. The quantitative estimate of drug-likeness (QED) is 0.164. The Morgan fingerprint density at radius 1 is 1.10 bits per heavy atom. The fourth-order valence-electron chi connectivity index (χ4n) is 2.11. The highest BCUT2D eigenvalue weighted by molar-refractivity contribution is 5.93. The number of imidazole rings is 1. The molecule has 0 saturated carbocycles. The number of aliphatic hydroxyl groups is 1. The average molecular weight is 414 g/mol. The van der Waals surface area contributed by atoms with Crippen LogP contribution in [-0.4, -0.2) is 86.2 Å². The number of rotatable bonds is 12. The number of hydrogen-bond acceptors (Lipinski definition) is 8. The molecule has 0 aliphatic rings. The summed E-state index contributed by atoms with van der Waals surface area (Å²) >= 11 is 0. The molecule has 0 aliphatic carbocycles. The molecule has 14 nitrogen and oxygen atoms in total. The first-order valence-electron chi connectivity index (χ1n) is 8.29. The smallest absolute Gasteiger partial charge is 0.326 e. The lowest BCUT2D eigenvalue weighted by Crippen LogP contribution is -2.55. The third kappa shape index (κ3) is 8.35. The molecule has 3 amide bonds. The first kappa shape index (κ1) is 23.5. The van der Waals surface area contributed by atoms with Crippen molar-refractivity contribution in [2.24, 2.45) is 5.73 Å². The number of carbonyl (C=O) groups is 5. The molecule has 0 radical (unpaired) electrons. The minimum atomic E-state index is -1.48. The lowest BCUT2D eigenvalue weighted by molar-refractivity contribution is -0.142. The number of aliphatic hydroxyl groups excluding tert-OH is 1. The van der Waals surface area contributed by atoms with Crippen molar-refractivity contribution >= 4 is 29.7 Å². The summed E-state index contributed by atoms with van der Waals surface area (Å²) in [5, 5.41) is 33.5. The second kappa shape index (κ2) is 11.4. The molecule has 0 aliphatic heterocycles. The highest BCUT2D eigenvalue weighted by Crippen LogP contribution is 2.00. The number of aromatic nitrogens is 2. The summed E-state index contributed by atoms with van der Waals surface area (Å²) in [7, 11) is 0. The minimum absolute atomic E-state index is 0.106. The van der Waals surface area contributed by atoms with E-state index in [0.29, 0.717) is 5.69 Å². The Kier molecular flexibility index (Phi) is 9.21. The monoisotopic (exact) mass is 414 g/mol. The molecule has 0 fully saturated rings. The Balaban J connectivity index is 2.56. The fraction of sp³-hybridized carbons (Fsp3) is 0.467. The molecule has 1 rings (SSSR count). The zero-order valence-corrected chi connectivity index (χ0v) is 15.1. The fourth-order valence-corrected chi connectivity index (χ4v) is 2.11. The molecular weight excluding hydrogens is 392 g/mol. The van der Waals surface area contributed by atoms with Crippen LogP contribution in [-0.2, 0) is 30.4 Å². The molecule has 0 spiro atoms. The predicted molar refractivity (Wildman–Crippen MR) is 94.1 cm³/mol. The normalized spacial score (nSPS) is 13.6. The molecule has 0 saturated heterocycles. The van der Waals surface area contributed by atoms with E-state index in [9.17, 15) is 34.2 Å². The first-order chi connectivity index (χ1) is 13.6. The molecule has 9 N–H and O–H groups in total. The van der Waals surface area contributed by atoms with Crippen LogP contribution in [0.5, 0.6) is 0 Å². The number of carboxylic acids is 2. The Morgan fingerprint density at radius 3 is 2.31 bits per heavy atom. The van der Waals surface area contributed by atoms with Crippen LogP contribution >= 0.6 is 0 Å². The van der Waals surface area contributed by atoms with E-state index in [0.717, 1.165) is 0 Å². The Bertz CT molecular complexity index is 737. The zero-order valence-electron chi connectivity index (χ0n) is 15.1. The average Bonchev–Trinajstić information content (AvgIpc) is 3.15. The maximum Gasteiger partial charge on any atom is 0.326 e. The van der Waals surface area contributed by atoms with Gasteiger partial charge in [0, 0.05) is 18.3 Å². The summed E-state index contributed by atoms with van der Waals surface area (Å²) in [6.45, 7) is -1.47. The van der Waals surface area contributed by atoms with E-state index < -0.39 is 67.4 Å². The van der Waals surface area contributed by atoms with Gasteiger partial charge in [0.05, 0.1) is 31.9 Å². The standard InChI is InChI=1S/C15H22N6O8/c16-8(2-12(24)25)13(26)18-4-11(23)20-10(5-22)14(27)21-9(15(28)29)1-7-3-17-6-19-7/h3,6,8-10,22H,1-2,4-5,16H2,(H,17,19)(H,18,26)(H,20,23)(H,21,27)(H,24,25)(H,28,29). The number of amides is 3. The van der Waals surface area contributed by atoms with Crippen molar-refractivity contribution in [3.63, 3.8) is 0 Å². The van der Waals surface area contributed by atoms with Crippen LogP contribution < -0.4 is 21.7 Å². The Labute approximate surface area is 163 Å². The van der Waals surface area contributed by atoms with E-state index >= 15 is 0 Å². The van der Waals surface area contributed by atoms with E-state index in [1.165, 1.54) is 12.5 Å². The largest absolute Gasteiger partial charge is 0.481 e. The molecule has 3 atom stereocenters. The number of nitrogens with two attached hydrogens (primary N) is 1. The second-order valence-electron chi connectivity index (χ2n) is 5.91. The summed E-state index contributed by atoms with van der Waals surface area (Å²) in [5.74, 6) is -5.36. The summed E-state index contributed by atoms with van der Waals surface area (Å²) in [6, 6.07) is -4.19. The number of nitrogens with one attached hydrogen (secondary N) is 4. The molecular formula is C15H22N6O8. The predicted octanol–water partition coefficient (Wildman–Crippen LogP) is -4.08. The topological polar surface area (TPSA) is 237 Å². The van der Waals surface area contributed by atoms with Gasteiger partial charge >= 0.3 is 11.9 Å². The van der Waals surface area contributed by atoms with E-state index in [1.807, 2.05) is 0 Å². The Hall–Kier alpha value is -3.52. The van der Waals surface area contributed by atoms with Crippen molar-refractivity contribution in [2.45, 2.75) is 31.0 Å². The van der Waals surface area contributed by atoms with Gasteiger partial charge < -0.3 is 42.0 Å². The van der Waals surface area contributed by atoms with Gasteiger partial charge in [-0.2, -0.15) is 0 Å². The van der Waals surface area contributed by atoms with Crippen LogP contribution in [0.15, 0.2) is 12.5 Å². The van der Waals surface area contributed by atoms with Crippen LogP contribution in [0.2, 0.25) is 0 Å². The summed E-state index contributed by atoms with van der Waals surface area (Å²) in [6.07, 6.45) is 1.97. The lowest BCUT2D eigenvalue weighted by atomic mass is 10.1. The number of nitrogens with zero attached hydrogens (tertiary/aromatic N) is 1. The van der Waals surface area contributed by atoms with Gasteiger partial charge in [-0.1, -0.05) is 0 Å². The molecule has 1 heterocycles. The number of hydrogen-bond donors (Lipinski definition) is 8. The van der Waals surface area contributed by atoms with Gasteiger partial charge in [-0.15, -0.1) is 0 Å². The van der Waals surface area contributed by atoms with Crippen molar-refractivity contribution in [3.8, 4) is 0 Å². The molecule has 160 valence electrons. The van der Waals surface area contributed by atoms with Crippen LogP contribution in [0.4, 0.5) is 0 Å².